The van der Waals surface area contributed by atoms with Gasteiger partial charge in [-0.1, -0.05) is 18.2 Å². The van der Waals surface area contributed by atoms with E-state index in [1.165, 1.54) is 11.6 Å². The fraction of sp³-hybridized carbons (Fsp3) is 0.200. The van der Waals surface area contributed by atoms with Crippen molar-refractivity contribution in [2.24, 2.45) is 5.84 Å². The lowest BCUT2D eigenvalue weighted by molar-refractivity contribution is 0.357. The Morgan fingerprint density at radius 3 is 2.70 bits per heavy atom. The number of nitrogens with one attached hydrogen (secondary N) is 1. The maximum absolute atomic E-state index is 13.3. The molecule has 1 aliphatic heterocycles. The zero-order valence-corrected chi connectivity index (χ0v) is 12.3. The number of hydrogen-bond acceptors (Lipinski definition) is 3. The molecule has 1 heterocycles. The minimum Gasteiger partial charge on any atom is -0.493 e. The van der Waals surface area contributed by atoms with Gasteiger partial charge in [0.15, 0.2) is 0 Å². The molecule has 2 aromatic carbocycles. The van der Waals surface area contributed by atoms with E-state index in [-0.39, 0.29) is 11.9 Å². The highest BCUT2D eigenvalue weighted by Gasteiger charge is 2.18. The molecule has 2 aromatic rings. The lowest BCUT2D eigenvalue weighted by atomic mass is 9.97. The lowest BCUT2D eigenvalue weighted by Gasteiger charge is -2.18. The van der Waals surface area contributed by atoms with Crippen LogP contribution in [0.25, 0.3) is 0 Å². The summed E-state index contributed by atoms with van der Waals surface area (Å²) in [6, 6.07) is 10.7. The summed E-state index contributed by atoms with van der Waals surface area (Å²) in [4.78, 5) is 0. The summed E-state index contributed by atoms with van der Waals surface area (Å²) >= 11 is 3.20. The molecular weight excluding hydrogens is 323 g/mol. The van der Waals surface area contributed by atoms with Crippen LogP contribution < -0.4 is 16.0 Å². The van der Waals surface area contributed by atoms with Crippen LogP contribution in [0.4, 0.5) is 4.39 Å². The smallest absolute Gasteiger partial charge is 0.137 e. The van der Waals surface area contributed by atoms with Gasteiger partial charge in [0.1, 0.15) is 11.6 Å². The highest BCUT2D eigenvalue weighted by Crippen LogP contribution is 2.31. The van der Waals surface area contributed by atoms with E-state index in [1.54, 1.807) is 12.1 Å². The second kappa shape index (κ2) is 5.52. The Hall–Kier alpha value is -1.43. The average Bonchev–Trinajstić information content (AvgIpc) is 2.91. The van der Waals surface area contributed by atoms with Crippen LogP contribution in [0.5, 0.6) is 5.75 Å². The summed E-state index contributed by atoms with van der Waals surface area (Å²) in [7, 11) is 0. The van der Waals surface area contributed by atoms with Crippen LogP contribution in [-0.4, -0.2) is 6.61 Å². The van der Waals surface area contributed by atoms with E-state index in [2.05, 4.69) is 27.4 Å². The van der Waals surface area contributed by atoms with Crippen molar-refractivity contribution in [3.8, 4) is 5.75 Å². The SMILES string of the molecule is NNC(c1ccc(F)c(Br)c1)c1ccc2c(c1)CCO2. The lowest BCUT2D eigenvalue weighted by Crippen LogP contribution is -2.28. The molecule has 1 aliphatic rings. The van der Waals surface area contributed by atoms with Crippen LogP contribution in [0, 0.1) is 5.82 Å². The highest BCUT2D eigenvalue weighted by molar-refractivity contribution is 9.10. The van der Waals surface area contributed by atoms with Crippen molar-refractivity contribution in [2.45, 2.75) is 12.5 Å². The van der Waals surface area contributed by atoms with Gasteiger partial charge in [-0.2, -0.15) is 0 Å². The maximum atomic E-state index is 13.3. The van der Waals surface area contributed by atoms with Crippen LogP contribution in [0.1, 0.15) is 22.7 Å². The quantitative estimate of drug-likeness (QED) is 0.668. The van der Waals surface area contributed by atoms with Gasteiger partial charge in [0.2, 0.25) is 0 Å². The van der Waals surface area contributed by atoms with E-state index in [0.717, 1.165) is 29.9 Å². The number of halogens is 2. The van der Waals surface area contributed by atoms with Gasteiger partial charge >= 0.3 is 0 Å². The average molecular weight is 337 g/mol. The van der Waals surface area contributed by atoms with E-state index >= 15 is 0 Å². The molecule has 3 N–H and O–H groups in total. The van der Waals surface area contributed by atoms with Crippen LogP contribution >= 0.6 is 15.9 Å². The maximum Gasteiger partial charge on any atom is 0.137 e. The van der Waals surface area contributed by atoms with E-state index in [4.69, 9.17) is 10.6 Å². The van der Waals surface area contributed by atoms with Gasteiger partial charge in [-0.05, 0) is 50.8 Å². The second-order valence-corrected chi connectivity index (χ2v) is 5.59. The Balaban J connectivity index is 1.98. The Bertz CT molecular complexity index is 648. The van der Waals surface area contributed by atoms with Gasteiger partial charge in [0.05, 0.1) is 17.1 Å². The molecule has 104 valence electrons. The van der Waals surface area contributed by atoms with Gasteiger partial charge in [0, 0.05) is 6.42 Å². The van der Waals surface area contributed by atoms with Crippen molar-refractivity contribution in [1.29, 1.82) is 0 Å². The molecule has 0 radical (unpaired) electrons. The predicted molar refractivity (Wildman–Crippen MR) is 78.9 cm³/mol. The summed E-state index contributed by atoms with van der Waals surface area (Å²) in [5.74, 6) is 6.33. The molecule has 0 saturated carbocycles. The first-order valence-electron chi connectivity index (χ1n) is 6.36. The summed E-state index contributed by atoms with van der Waals surface area (Å²) in [5.41, 5.74) is 5.91. The standard InChI is InChI=1S/C15H14BrFN2O/c16-12-8-11(1-3-13(12)17)15(19-18)10-2-4-14-9(7-10)5-6-20-14/h1-4,7-8,15,19H,5-6,18H2. The number of rotatable bonds is 3. The largest absolute Gasteiger partial charge is 0.493 e. The fourth-order valence-corrected chi connectivity index (χ4v) is 2.86. The molecule has 0 aromatic heterocycles. The van der Waals surface area contributed by atoms with Crippen molar-refractivity contribution < 1.29 is 9.13 Å². The summed E-state index contributed by atoms with van der Waals surface area (Å²) in [5, 5.41) is 0. The van der Waals surface area contributed by atoms with Crippen molar-refractivity contribution in [3.63, 3.8) is 0 Å². The van der Waals surface area contributed by atoms with E-state index in [9.17, 15) is 4.39 Å². The molecule has 0 fully saturated rings. The molecule has 0 spiro atoms. The molecule has 1 unspecified atom stereocenters. The van der Waals surface area contributed by atoms with Gasteiger partial charge in [-0.3, -0.25) is 5.84 Å². The third-order valence-corrected chi connectivity index (χ3v) is 4.10. The Morgan fingerprint density at radius 1 is 1.20 bits per heavy atom. The van der Waals surface area contributed by atoms with Crippen LogP contribution in [-0.2, 0) is 6.42 Å². The van der Waals surface area contributed by atoms with Crippen LogP contribution in [0.2, 0.25) is 0 Å². The monoisotopic (exact) mass is 336 g/mol. The van der Waals surface area contributed by atoms with Crippen molar-refractivity contribution in [1.82, 2.24) is 5.43 Å². The normalized spacial score (nSPS) is 14.8. The van der Waals surface area contributed by atoms with Crippen molar-refractivity contribution >= 4 is 15.9 Å². The predicted octanol–water partition coefficient (Wildman–Crippen LogP) is 3.08. The van der Waals surface area contributed by atoms with Crippen molar-refractivity contribution in [3.05, 3.63) is 63.4 Å². The molecule has 0 saturated heterocycles. The van der Waals surface area contributed by atoms with E-state index < -0.39 is 0 Å². The van der Waals surface area contributed by atoms with Crippen LogP contribution in [0.15, 0.2) is 40.9 Å². The molecule has 1 atom stereocenters. The highest BCUT2D eigenvalue weighted by atomic mass is 79.9. The molecule has 5 heteroatoms. The first kappa shape index (κ1) is 13.5. The summed E-state index contributed by atoms with van der Waals surface area (Å²) in [6.45, 7) is 0.724. The Kier molecular flexibility index (Phi) is 3.74. The zero-order valence-electron chi connectivity index (χ0n) is 10.7. The molecular formula is C15H14BrFN2O. The van der Waals surface area contributed by atoms with E-state index in [0.29, 0.717) is 4.47 Å². The Morgan fingerprint density at radius 2 is 1.95 bits per heavy atom. The minimum atomic E-state index is -0.285. The molecule has 0 aliphatic carbocycles. The Labute approximate surface area is 125 Å². The second-order valence-electron chi connectivity index (χ2n) is 4.74. The van der Waals surface area contributed by atoms with Gasteiger partial charge < -0.3 is 4.74 Å². The number of ether oxygens (including phenoxy) is 1. The molecule has 20 heavy (non-hydrogen) atoms. The molecule has 0 amide bonds. The topological polar surface area (TPSA) is 47.3 Å². The first-order chi connectivity index (χ1) is 9.69. The number of hydrogen-bond donors (Lipinski definition) is 2. The summed E-state index contributed by atoms with van der Waals surface area (Å²) < 4.78 is 19.3. The number of fused-ring (bicyclic) bond motifs is 1. The fourth-order valence-electron chi connectivity index (χ4n) is 2.46. The third-order valence-electron chi connectivity index (χ3n) is 3.49. The van der Waals surface area contributed by atoms with E-state index in [1.807, 2.05) is 12.1 Å². The van der Waals surface area contributed by atoms with Gasteiger partial charge in [-0.25, -0.2) is 9.82 Å². The first-order valence-corrected chi connectivity index (χ1v) is 7.15. The molecule has 3 rings (SSSR count). The van der Waals surface area contributed by atoms with Crippen molar-refractivity contribution in [2.75, 3.05) is 6.61 Å². The molecule has 0 bridgehead atoms. The summed E-state index contributed by atoms with van der Waals surface area (Å²) in [6.07, 6.45) is 0.910. The number of hydrazine groups is 1. The zero-order chi connectivity index (χ0) is 14.1. The third kappa shape index (κ3) is 2.44. The number of benzene rings is 2. The van der Waals surface area contributed by atoms with Gasteiger partial charge in [0.25, 0.3) is 0 Å². The van der Waals surface area contributed by atoms with Crippen LogP contribution in [0.3, 0.4) is 0 Å². The molecule has 3 nitrogen and oxygen atoms in total. The minimum absolute atomic E-state index is 0.183. The number of nitrogens with two attached hydrogens (primary N) is 1. The van der Waals surface area contributed by atoms with Gasteiger partial charge in [-0.15, -0.1) is 0 Å².